The first-order valence-corrected chi connectivity index (χ1v) is 11.0. The maximum atomic E-state index is 13.3. The topological polar surface area (TPSA) is 55.8 Å². The molecular formula is C22H22BNO4S. The highest BCUT2D eigenvalue weighted by Crippen LogP contribution is 2.34. The van der Waals surface area contributed by atoms with E-state index in [0.29, 0.717) is 25.0 Å². The average Bonchev–Trinajstić information content (AvgIpc) is 3.15. The van der Waals surface area contributed by atoms with Crippen LogP contribution in [0, 0.1) is 6.92 Å². The molecule has 4 rings (SSSR count). The van der Waals surface area contributed by atoms with Crippen molar-refractivity contribution < 1.29 is 17.7 Å². The second-order valence-electron chi connectivity index (χ2n) is 6.98. The minimum Gasteiger partial charge on any atom is -0.523 e. The third kappa shape index (κ3) is 4.25. The Balaban J connectivity index is 1.49. The molecule has 0 atom stereocenters. The van der Waals surface area contributed by atoms with E-state index in [0.717, 1.165) is 17.1 Å². The van der Waals surface area contributed by atoms with Crippen LogP contribution in [0.15, 0.2) is 83.8 Å². The molecule has 3 aromatic rings. The zero-order valence-corrected chi connectivity index (χ0v) is 17.0. The van der Waals surface area contributed by atoms with Crippen LogP contribution in [0.1, 0.15) is 12.0 Å². The van der Waals surface area contributed by atoms with Crippen LogP contribution in [0.25, 0.3) is 0 Å². The standard InChI is InChI=1S/C22H22BNO4S/c1-18-12-14-20(15-13-18)29(25,26)24(19-8-3-2-4-9-19)17-7-16-23-27-21-10-5-6-11-22(21)28-23/h2-6,8-15H,7,16-17H2,1H3. The minimum absolute atomic E-state index is 0.285. The highest BCUT2D eigenvalue weighted by molar-refractivity contribution is 7.92. The summed E-state index contributed by atoms with van der Waals surface area (Å²) < 4.78 is 39.7. The molecule has 3 aromatic carbocycles. The zero-order valence-electron chi connectivity index (χ0n) is 16.2. The van der Waals surface area contributed by atoms with Gasteiger partial charge >= 0.3 is 7.12 Å². The van der Waals surface area contributed by atoms with Crippen molar-refractivity contribution in [2.75, 3.05) is 10.8 Å². The van der Waals surface area contributed by atoms with Crippen molar-refractivity contribution in [2.24, 2.45) is 0 Å². The van der Waals surface area contributed by atoms with E-state index in [1.165, 1.54) is 4.31 Å². The predicted molar refractivity (Wildman–Crippen MR) is 115 cm³/mol. The Morgan fingerprint density at radius 3 is 2.03 bits per heavy atom. The van der Waals surface area contributed by atoms with Crippen LogP contribution < -0.4 is 13.6 Å². The fourth-order valence-corrected chi connectivity index (χ4v) is 4.79. The first-order valence-electron chi connectivity index (χ1n) is 9.61. The number of benzene rings is 3. The summed E-state index contributed by atoms with van der Waals surface area (Å²) in [5.74, 6) is 1.45. The fraction of sp³-hybridized carbons (Fsp3) is 0.182. The molecule has 0 N–H and O–H groups in total. The second kappa shape index (κ2) is 8.21. The van der Waals surface area contributed by atoms with Gasteiger partial charge in [-0.05, 0) is 49.7 Å². The number of hydrogen-bond donors (Lipinski definition) is 0. The van der Waals surface area contributed by atoms with Gasteiger partial charge in [0.1, 0.15) is 11.5 Å². The lowest BCUT2D eigenvalue weighted by Crippen LogP contribution is -2.33. The Labute approximate surface area is 172 Å². The number of para-hydroxylation sites is 3. The second-order valence-corrected chi connectivity index (χ2v) is 8.84. The summed E-state index contributed by atoms with van der Waals surface area (Å²) >= 11 is 0. The molecule has 0 aromatic heterocycles. The van der Waals surface area contributed by atoms with Gasteiger partial charge in [-0.3, -0.25) is 4.31 Å². The quantitative estimate of drug-likeness (QED) is 0.540. The molecule has 0 fully saturated rings. The van der Waals surface area contributed by atoms with Crippen molar-refractivity contribution in [3.8, 4) is 11.5 Å². The van der Waals surface area contributed by atoms with Gasteiger partial charge in [0.15, 0.2) is 0 Å². The molecule has 0 spiro atoms. The van der Waals surface area contributed by atoms with Gasteiger partial charge in [0.05, 0.1) is 10.6 Å². The molecule has 7 heteroatoms. The Bertz CT molecular complexity index is 1050. The average molecular weight is 407 g/mol. The SMILES string of the molecule is Cc1ccc(S(=O)(=O)N(CCCB2Oc3ccccc3O2)c2ccccc2)cc1. The lowest BCUT2D eigenvalue weighted by Gasteiger charge is -2.24. The molecule has 1 heterocycles. The zero-order chi connectivity index (χ0) is 20.3. The number of nitrogens with zero attached hydrogens (tertiary/aromatic N) is 1. The summed E-state index contributed by atoms with van der Waals surface area (Å²) in [6.45, 7) is 2.27. The van der Waals surface area contributed by atoms with Gasteiger partial charge in [-0.25, -0.2) is 8.42 Å². The van der Waals surface area contributed by atoms with Crippen molar-refractivity contribution in [3.63, 3.8) is 0 Å². The van der Waals surface area contributed by atoms with Crippen molar-refractivity contribution in [1.82, 2.24) is 0 Å². The fourth-order valence-electron chi connectivity index (χ4n) is 3.29. The molecule has 0 saturated carbocycles. The monoisotopic (exact) mass is 407 g/mol. The van der Waals surface area contributed by atoms with E-state index in [9.17, 15) is 8.42 Å². The van der Waals surface area contributed by atoms with Gasteiger partial charge in [-0.15, -0.1) is 0 Å². The first kappa shape index (κ1) is 19.4. The van der Waals surface area contributed by atoms with E-state index in [1.54, 1.807) is 12.1 Å². The van der Waals surface area contributed by atoms with E-state index in [2.05, 4.69) is 0 Å². The van der Waals surface area contributed by atoms with Crippen LogP contribution >= 0.6 is 0 Å². The summed E-state index contributed by atoms with van der Waals surface area (Å²) in [5, 5.41) is 0. The van der Waals surface area contributed by atoms with Gasteiger partial charge in [0, 0.05) is 12.9 Å². The van der Waals surface area contributed by atoms with Crippen LogP contribution in [0.2, 0.25) is 6.32 Å². The van der Waals surface area contributed by atoms with Crippen molar-refractivity contribution >= 4 is 22.8 Å². The Morgan fingerprint density at radius 2 is 1.41 bits per heavy atom. The summed E-state index contributed by atoms with van der Waals surface area (Å²) in [6.07, 6.45) is 1.18. The Morgan fingerprint density at radius 1 is 0.828 bits per heavy atom. The summed E-state index contributed by atoms with van der Waals surface area (Å²) in [5.41, 5.74) is 1.66. The molecular weight excluding hydrogens is 385 g/mol. The molecule has 0 bridgehead atoms. The number of rotatable bonds is 7. The molecule has 148 valence electrons. The highest BCUT2D eigenvalue weighted by atomic mass is 32.2. The molecule has 5 nitrogen and oxygen atoms in total. The van der Waals surface area contributed by atoms with Crippen LogP contribution in [0.5, 0.6) is 11.5 Å². The molecule has 0 amide bonds. The van der Waals surface area contributed by atoms with Crippen molar-refractivity contribution in [1.29, 1.82) is 0 Å². The van der Waals surface area contributed by atoms with Gasteiger partial charge in [-0.1, -0.05) is 48.0 Å². The van der Waals surface area contributed by atoms with E-state index < -0.39 is 17.1 Å². The Hall–Kier alpha value is -2.93. The maximum absolute atomic E-state index is 13.3. The number of anilines is 1. The van der Waals surface area contributed by atoms with Crippen LogP contribution in [0.3, 0.4) is 0 Å². The maximum Gasteiger partial charge on any atom is 0.594 e. The molecule has 0 saturated heterocycles. The first-order chi connectivity index (χ1) is 14.0. The van der Waals surface area contributed by atoms with E-state index in [4.69, 9.17) is 9.31 Å². The number of fused-ring (bicyclic) bond motifs is 1. The van der Waals surface area contributed by atoms with Crippen molar-refractivity contribution in [3.05, 3.63) is 84.4 Å². The Kier molecular flexibility index (Phi) is 5.49. The summed E-state index contributed by atoms with van der Waals surface area (Å²) in [4.78, 5) is 0.285. The molecule has 0 aliphatic carbocycles. The number of hydrogen-bond acceptors (Lipinski definition) is 4. The summed E-state index contributed by atoms with van der Waals surface area (Å²) in [6, 6.07) is 23.6. The van der Waals surface area contributed by atoms with Gasteiger partial charge in [-0.2, -0.15) is 0 Å². The predicted octanol–water partition coefficient (Wildman–Crippen LogP) is 4.54. The lowest BCUT2D eigenvalue weighted by atomic mass is 9.83. The van der Waals surface area contributed by atoms with Crippen LogP contribution in [-0.2, 0) is 10.0 Å². The molecule has 0 radical (unpaired) electrons. The van der Waals surface area contributed by atoms with Gasteiger partial charge in [0.25, 0.3) is 10.0 Å². The van der Waals surface area contributed by atoms with E-state index in [1.807, 2.05) is 73.7 Å². The summed E-state index contributed by atoms with van der Waals surface area (Å²) in [7, 11) is -4.06. The van der Waals surface area contributed by atoms with Crippen LogP contribution in [-0.4, -0.2) is 22.1 Å². The van der Waals surface area contributed by atoms with Crippen LogP contribution in [0.4, 0.5) is 5.69 Å². The lowest BCUT2D eigenvalue weighted by molar-refractivity contribution is 0.493. The third-order valence-electron chi connectivity index (χ3n) is 4.82. The molecule has 0 unspecified atom stereocenters. The van der Waals surface area contributed by atoms with Crippen molar-refractivity contribution in [2.45, 2.75) is 24.6 Å². The molecule has 1 aliphatic rings. The van der Waals surface area contributed by atoms with Gasteiger partial charge < -0.3 is 9.31 Å². The largest absolute Gasteiger partial charge is 0.594 e. The van der Waals surface area contributed by atoms with Gasteiger partial charge in [0.2, 0.25) is 0 Å². The smallest absolute Gasteiger partial charge is 0.523 e. The highest BCUT2D eigenvalue weighted by Gasteiger charge is 2.32. The third-order valence-corrected chi connectivity index (χ3v) is 6.66. The number of aryl methyl sites for hydroxylation is 1. The number of sulfonamides is 1. The van der Waals surface area contributed by atoms with E-state index in [-0.39, 0.29) is 4.90 Å². The molecule has 1 aliphatic heterocycles. The molecule has 29 heavy (non-hydrogen) atoms. The normalized spacial score (nSPS) is 12.8. The minimum atomic E-state index is -3.67. The van der Waals surface area contributed by atoms with E-state index >= 15 is 0 Å².